The molecule has 0 aliphatic rings. The largest absolute Gasteiger partial charge is 0.454 e. The Morgan fingerprint density at radius 3 is 2.00 bits per heavy atom. The van der Waals surface area contributed by atoms with Gasteiger partial charge in [-0.2, -0.15) is 9.97 Å². The van der Waals surface area contributed by atoms with E-state index in [-0.39, 0.29) is 0 Å². The van der Waals surface area contributed by atoms with Crippen molar-refractivity contribution in [3.05, 3.63) is 128 Å². The van der Waals surface area contributed by atoms with Gasteiger partial charge >= 0.3 is 0 Å². The highest BCUT2D eigenvalue weighted by Crippen LogP contribution is 2.38. The van der Waals surface area contributed by atoms with Crippen molar-refractivity contribution in [2.75, 3.05) is 0 Å². The van der Waals surface area contributed by atoms with Gasteiger partial charge < -0.3 is 4.42 Å². The van der Waals surface area contributed by atoms with Crippen LogP contribution in [0.25, 0.3) is 83.4 Å². The molecule has 0 radical (unpaired) electrons. The molecule has 0 fully saturated rings. The summed E-state index contributed by atoms with van der Waals surface area (Å²) in [5.74, 6) is 1.66. The maximum Gasteiger partial charge on any atom is 0.238 e. The van der Waals surface area contributed by atoms with Crippen LogP contribution in [0.4, 0.5) is 0 Å². The summed E-state index contributed by atoms with van der Waals surface area (Å²) >= 11 is 0. The average Bonchev–Trinajstić information content (AvgIpc) is 3.61. The van der Waals surface area contributed by atoms with Crippen LogP contribution in [-0.2, 0) is 0 Å². The van der Waals surface area contributed by atoms with Gasteiger partial charge in [0.15, 0.2) is 17.2 Å². The number of furan rings is 1. The lowest BCUT2D eigenvalue weighted by atomic mass is 10.1. The second kappa shape index (κ2) is 8.81. The lowest BCUT2D eigenvalue weighted by molar-refractivity contribution is 0.669. The molecule has 196 valence electrons. The number of fused-ring (bicyclic) bond motifs is 8. The molecule has 0 aliphatic carbocycles. The number of benzene rings is 5. The van der Waals surface area contributed by atoms with Crippen LogP contribution in [0, 0.1) is 0 Å². The van der Waals surface area contributed by atoms with E-state index >= 15 is 0 Å². The van der Waals surface area contributed by atoms with E-state index in [0.29, 0.717) is 23.2 Å². The van der Waals surface area contributed by atoms with Gasteiger partial charge in [0, 0.05) is 22.5 Å². The molecule has 0 unspecified atom stereocenters. The van der Waals surface area contributed by atoms with Gasteiger partial charge in [-0.25, -0.2) is 4.98 Å². The summed E-state index contributed by atoms with van der Waals surface area (Å²) in [5, 5.41) is 5.52. The second-order valence-corrected chi connectivity index (χ2v) is 10.3. The molecule has 42 heavy (non-hydrogen) atoms. The first kappa shape index (κ1) is 22.9. The van der Waals surface area contributed by atoms with Crippen LogP contribution in [0.3, 0.4) is 0 Å². The number of para-hydroxylation sites is 2. The third-order valence-electron chi connectivity index (χ3n) is 7.92. The van der Waals surface area contributed by atoms with Gasteiger partial charge in [0.2, 0.25) is 5.95 Å². The molecule has 0 atom stereocenters. The van der Waals surface area contributed by atoms with Crippen molar-refractivity contribution in [3.63, 3.8) is 0 Å². The van der Waals surface area contributed by atoms with E-state index in [2.05, 4.69) is 59.2 Å². The Hall–Kier alpha value is -5.88. The first-order chi connectivity index (χ1) is 20.8. The van der Waals surface area contributed by atoms with Gasteiger partial charge in [0.05, 0.1) is 22.0 Å². The van der Waals surface area contributed by atoms with E-state index in [1.807, 2.05) is 66.7 Å². The van der Waals surface area contributed by atoms with Gasteiger partial charge in [0.25, 0.3) is 0 Å². The molecule has 5 aromatic carbocycles. The molecular formula is C36H21N5O. The lowest BCUT2D eigenvalue weighted by Crippen LogP contribution is -2.06. The van der Waals surface area contributed by atoms with Crippen LogP contribution >= 0.6 is 0 Å². The third kappa shape index (κ3) is 3.32. The van der Waals surface area contributed by atoms with Crippen molar-refractivity contribution in [1.29, 1.82) is 0 Å². The highest BCUT2D eigenvalue weighted by atomic mass is 16.3. The predicted molar refractivity (Wildman–Crippen MR) is 168 cm³/mol. The van der Waals surface area contributed by atoms with Crippen molar-refractivity contribution in [2.24, 2.45) is 0 Å². The highest BCUT2D eigenvalue weighted by Gasteiger charge is 2.21. The number of hydrogen-bond donors (Lipinski definition) is 0. The minimum absolute atomic E-state index is 0.525. The molecular weight excluding hydrogens is 518 g/mol. The SMILES string of the molecule is c1ccc(-c2nc(-c3ccnc4c3oc3ccc5ccccc5c34)nc(-n3c4ccccc4c4ccccc43)n2)cc1. The zero-order valence-corrected chi connectivity index (χ0v) is 22.3. The number of nitrogens with zero attached hydrogens (tertiary/aromatic N) is 5. The monoisotopic (exact) mass is 539 g/mol. The van der Waals surface area contributed by atoms with Gasteiger partial charge in [-0.3, -0.25) is 9.55 Å². The van der Waals surface area contributed by atoms with Crippen molar-refractivity contribution in [2.45, 2.75) is 0 Å². The zero-order valence-electron chi connectivity index (χ0n) is 22.3. The highest BCUT2D eigenvalue weighted by molar-refractivity contribution is 6.19. The summed E-state index contributed by atoms with van der Waals surface area (Å²) in [6.45, 7) is 0. The molecule has 6 nitrogen and oxygen atoms in total. The predicted octanol–water partition coefficient (Wildman–Crippen LogP) is 8.75. The molecule has 0 amide bonds. The van der Waals surface area contributed by atoms with Crippen LogP contribution < -0.4 is 0 Å². The second-order valence-electron chi connectivity index (χ2n) is 10.3. The number of aromatic nitrogens is 5. The maximum atomic E-state index is 6.49. The van der Waals surface area contributed by atoms with E-state index < -0.39 is 0 Å². The smallest absolute Gasteiger partial charge is 0.238 e. The summed E-state index contributed by atoms with van der Waals surface area (Å²) in [7, 11) is 0. The standard InChI is InChI=1S/C36H21N5O/c1-2-11-23(12-3-1)34-38-35(40-36(39-34)41-28-16-8-6-14-25(28)26-15-7-9-17-29(26)41)27-20-21-37-32-31-24-13-5-4-10-22(24)18-19-30(31)42-33(27)32/h1-21H. The minimum Gasteiger partial charge on any atom is -0.454 e. The average molecular weight is 540 g/mol. The van der Waals surface area contributed by atoms with Gasteiger partial charge in [-0.1, -0.05) is 97.1 Å². The number of pyridine rings is 1. The quantitative estimate of drug-likeness (QED) is 0.224. The van der Waals surface area contributed by atoms with Gasteiger partial charge in [-0.05, 0) is 35.0 Å². The Labute approximate surface area is 239 Å². The summed E-state index contributed by atoms with van der Waals surface area (Å²) in [4.78, 5) is 19.9. The Kier molecular flexibility index (Phi) is 4.80. The van der Waals surface area contributed by atoms with Crippen molar-refractivity contribution >= 4 is 54.6 Å². The molecule has 4 heterocycles. The van der Waals surface area contributed by atoms with Crippen molar-refractivity contribution in [3.8, 4) is 28.7 Å². The van der Waals surface area contributed by atoms with E-state index in [4.69, 9.17) is 24.4 Å². The molecule has 4 aromatic heterocycles. The Morgan fingerprint density at radius 2 is 1.21 bits per heavy atom. The maximum absolute atomic E-state index is 6.49. The Balaban J connectivity index is 1.37. The molecule has 0 spiro atoms. The number of hydrogen-bond acceptors (Lipinski definition) is 5. The normalized spacial score (nSPS) is 11.8. The molecule has 9 aromatic rings. The van der Waals surface area contributed by atoms with Crippen molar-refractivity contribution < 1.29 is 4.42 Å². The van der Waals surface area contributed by atoms with Crippen LogP contribution in [0.2, 0.25) is 0 Å². The Morgan fingerprint density at radius 1 is 0.548 bits per heavy atom. The molecule has 0 saturated heterocycles. The van der Waals surface area contributed by atoms with E-state index in [9.17, 15) is 0 Å². The molecule has 0 aliphatic heterocycles. The summed E-state index contributed by atoms with van der Waals surface area (Å²) in [6, 6.07) is 41.0. The topological polar surface area (TPSA) is 69.6 Å². The molecule has 0 bridgehead atoms. The van der Waals surface area contributed by atoms with Crippen molar-refractivity contribution in [1.82, 2.24) is 24.5 Å². The van der Waals surface area contributed by atoms with E-state index in [0.717, 1.165) is 60.2 Å². The molecule has 9 rings (SSSR count). The fourth-order valence-corrected chi connectivity index (χ4v) is 6.04. The summed E-state index contributed by atoms with van der Waals surface area (Å²) in [6.07, 6.45) is 1.81. The fourth-order valence-electron chi connectivity index (χ4n) is 6.04. The zero-order chi connectivity index (χ0) is 27.6. The fraction of sp³-hybridized carbons (Fsp3) is 0. The van der Waals surface area contributed by atoms with Crippen LogP contribution in [-0.4, -0.2) is 24.5 Å². The van der Waals surface area contributed by atoms with Crippen LogP contribution in [0.15, 0.2) is 132 Å². The summed E-state index contributed by atoms with van der Waals surface area (Å²) in [5.41, 5.74) is 5.96. The minimum atomic E-state index is 0.525. The first-order valence-electron chi connectivity index (χ1n) is 13.8. The van der Waals surface area contributed by atoms with Crippen LogP contribution in [0.5, 0.6) is 0 Å². The van der Waals surface area contributed by atoms with Crippen LogP contribution in [0.1, 0.15) is 0 Å². The Bertz CT molecular complexity index is 2420. The first-order valence-corrected chi connectivity index (χ1v) is 13.8. The van der Waals surface area contributed by atoms with E-state index in [1.165, 1.54) is 0 Å². The molecule has 0 N–H and O–H groups in total. The lowest BCUT2D eigenvalue weighted by Gasteiger charge is -2.11. The third-order valence-corrected chi connectivity index (χ3v) is 7.92. The molecule has 0 saturated carbocycles. The van der Waals surface area contributed by atoms with Gasteiger partial charge in [-0.15, -0.1) is 0 Å². The number of rotatable bonds is 3. The van der Waals surface area contributed by atoms with Gasteiger partial charge in [0.1, 0.15) is 11.1 Å². The molecule has 6 heteroatoms. The summed E-state index contributed by atoms with van der Waals surface area (Å²) < 4.78 is 8.61. The van der Waals surface area contributed by atoms with E-state index in [1.54, 1.807) is 6.20 Å².